The van der Waals surface area contributed by atoms with Crippen LogP contribution in [0.2, 0.25) is 0 Å². The van der Waals surface area contributed by atoms with Gasteiger partial charge in [-0.25, -0.2) is 0 Å². The number of morpholine rings is 1. The van der Waals surface area contributed by atoms with Gasteiger partial charge in [0.05, 0.1) is 13.2 Å². The van der Waals surface area contributed by atoms with E-state index in [9.17, 15) is 10.2 Å². The Morgan fingerprint density at radius 2 is 1.73 bits per heavy atom. The van der Waals surface area contributed by atoms with Gasteiger partial charge >= 0.3 is 0 Å². The second-order valence-electron chi connectivity index (χ2n) is 3.96. The molecule has 1 fully saturated rings. The van der Waals surface area contributed by atoms with Crippen molar-refractivity contribution in [3.05, 3.63) is 0 Å². The average molecular weight is 218 g/mol. The number of aliphatic hydroxyl groups is 2. The number of ether oxygens (including phenoxy) is 1. The summed E-state index contributed by atoms with van der Waals surface area (Å²) in [5.41, 5.74) is 0. The van der Waals surface area contributed by atoms with Gasteiger partial charge in [0.15, 0.2) is 0 Å². The summed E-state index contributed by atoms with van der Waals surface area (Å²) < 4.78 is 5.25. The molecule has 1 aliphatic heterocycles. The molecule has 15 heavy (non-hydrogen) atoms. The lowest BCUT2D eigenvalue weighted by atomic mass is 10.3. The molecule has 1 aliphatic rings. The van der Waals surface area contributed by atoms with Crippen LogP contribution in [-0.4, -0.2) is 71.9 Å². The first-order valence-electron chi connectivity index (χ1n) is 5.53. The highest BCUT2D eigenvalue weighted by molar-refractivity contribution is 4.66. The van der Waals surface area contributed by atoms with Crippen LogP contribution in [0.25, 0.3) is 0 Å². The van der Waals surface area contributed by atoms with Gasteiger partial charge in [-0.15, -0.1) is 0 Å². The van der Waals surface area contributed by atoms with Crippen molar-refractivity contribution in [3.63, 3.8) is 0 Å². The van der Waals surface area contributed by atoms with E-state index in [1.807, 2.05) is 0 Å². The average Bonchev–Trinajstić information content (AvgIpc) is 2.18. The second-order valence-corrected chi connectivity index (χ2v) is 3.96. The zero-order valence-electron chi connectivity index (χ0n) is 9.59. The molecule has 2 unspecified atom stereocenters. The first kappa shape index (κ1) is 12.9. The first-order chi connectivity index (χ1) is 7.11. The normalized spacial score (nSPS) is 23.0. The van der Waals surface area contributed by atoms with E-state index in [-0.39, 0.29) is 0 Å². The van der Waals surface area contributed by atoms with Crippen molar-refractivity contribution in [3.8, 4) is 0 Å². The summed E-state index contributed by atoms with van der Waals surface area (Å²) in [4.78, 5) is 3.94. The maximum absolute atomic E-state index is 9.43. The van der Waals surface area contributed by atoms with Crippen molar-refractivity contribution in [2.75, 3.05) is 39.4 Å². The lowest BCUT2D eigenvalue weighted by Crippen LogP contribution is -2.46. The van der Waals surface area contributed by atoms with Gasteiger partial charge < -0.3 is 14.9 Å². The molecule has 0 aromatic carbocycles. The first-order valence-corrected chi connectivity index (χ1v) is 5.53. The lowest BCUT2D eigenvalue weighted by Gasteiger charge is -2.32. The molecule has 0 radical (unpaired) electrons. The van der Waals surface area contributed by atoms with Gasteiger partial charge in [-0.3, -0.25) is 9.80 Å². The van der Waals surface area contributed by atoms with Gasteiger partial charge in [-0.1, -0.05) is 0 Å². The third-order valence-electron chi connectivity index (χ3n) is 2.74. The molecule has 0 aliphatic carbocycles. The fourth-order valence-corrected chi connectivity index (χ4v) is 1.77. The van der Waals surface area contributed by atoms with Crippen molar-refractivity contribution in [2.45, 2.75) is 26.3 Å². The molecule has 1 saturated heterocycles. The van der Waals surface area contributed by atoms with Crippen molar-refractivity contribution in [1.29, 1.82) is 0 Å². The van der Waals surface area contributed by atoms with E-state index in [1.54, 1.807) is 18.7 Å². The smallest absolute Gasteiger partial charge is 0.106 e. The Hall–Kier alpha value is -0.200. The van der Waals surface area contributed by atoms with Gasteiger partial charge in [0, 0.05) is 26.2 Å². The zero-order chi connectivity index (χ0) is 11.3. The Morgan fingerprint density at radius 1 is 1.20 bits per heavy atom. The third kappa shape index (κ3) is 4.44. The minimum Gasteiger partial charge on any atom is -0.379 e. The van der Waals surface area contributed by atoms with E-state index in [4.69, 9.17) is 4.74 Å². The Labute approximate surface area is 91.2 Å². The van der Waals surface area contributed by atoms with Gasteiger partial charge in [-0.2, -0.15) is 0 Å². The third-order valence-corrected chi connectivity index (χ3v) is 2.74. The summed E-state index contributed by atoms with van der Waals surface area (Å²) >= 11 is 0. The van der Waals surface area contributed by atoms with Crippen LogP contribution >= 0.6 is 0 Å². The Morgan fingerprint density at radius 3 is 2.20 bits per heavy atom. The van der Waals surface area contributed by atoms with Crippen LogP contribution < -0.4 is 0 Å². The molecule has 1 rings (SSSR count). The Bertz CT molecular complexity index is 162. The summed E-state index contributed by atoms with van der Waals surface area (Å²) in [5, 5.41) is 18.9. The van der Waals surface area contributed by atoms with Gasteiger partial charge in [0.25, 0.3) is 0 Å². The highest BCUT2D eigenvalue weighted by atomic mass is 16.5. The molecular formula is C10H22N2O3. The van der Waals surface area contributed by atoms with Crippen LogP contribution in [0.4, 0.5) is 0 Å². The van der Waals surface area contributed by atoms with E-state index in [0.29, 0.717) is 6.54 Å². The van der Waals surface area contributed by atoms with Crippen molar-refractivity contribution < 1.29 is 14.9 Å². The summed E-state index contributed by atoms with van der Waals surface area (Å²) in [6.07, 6.45) is -1.21. The molecule has 5 heteroatoms. The minimum absolute atomic E-state index is 0.606. The highest BCUT2D eigenvalue weighted by Crippen LogP contribution is 2.03. The van der Waals surface area contributed by atoms with Crippen molar-refractivity contribution in [2.24, 2.45) is 0 Å². The van der Waals surface area contributed by atoms with Crippen LogP contribution in [0, 0.1) is 0 Å². The van der Waals surface area contributed by atoms with Gasteiger partial charge in [-0.05, 0) is 13.8 Å². The molecule has 1 heterocycles. The lowest BCUT2D eigenvalue weighted by molar-refractivity contribution is -0.0892. The molecule has 5 nitrogen and oxygen atoms in total. The minimum atomic E-state index is -0.606. The molecule has 2 N–H and O–H groups in total. The SMILES string of the molecule is CC(O)N(CCN1CCOCC1)C(C)O. The van der Waals surface area contributed by atoms with Crippen LogP contribution in [0.15, 0.2) is 0 Å². The van der Waals surface area contributed by atoms with E-state index in [2.05, 4.69) is 4.90 Å². The van der Waals surface area contributed by atoms with Gasteiger partial charge in [0.1, 0.15) is 12.5 Å². The number of hydrogen-bond donors (Lipinski definition) is 2. The Balaban J connectivity index is 2.26. The fraction of sp³-hybridized carbons (Fsp3) is 1.00. The predicted molar refractivity (Wildman–Crippen MR) is 57.3 cm³/mol. The quantitative estimate of drug-likeness (QED) is 0.598. The van der Waals surface area contributed by atoms with Crippen molar-refractivity contribution >= 4 is 0 Å². The molecule has 0 spiro atoms. The maximum atomic E-state index is 9.43. The molecule has 0 aromatic heterocycles. The summed E-state index contributed by atoms with van der Waals surface area (Å²) in [6.45, 7) is 8.32. The van der Waals surface area contributed by atoms with E-state index in [1.165, 1.54) is 0 Å². The van der Waals surface area contributed by atoms with Crippen LogP contribution in [0.3, 0.4) is 0 Å². The van der Waals surface area contributed by atoms with Crippen LogP contribution in [-0.2, 0) is 4.74 Å². The Kier molecular flexibility index (Phi) is 5.49. The van der Waals surface area contributed by atoms with E-state index in [0.717, 1.165) is 32.8 Å². The fourth-order valence-electron chi connectivity index (χ4n) is 1.77. The number of aliphatic hydroxyl groups excluding tert-OH is 2. The van der Waals surface area contributed by atoms with Crippen LogP contribution in [0.1, 0.15) is 13.8 Å². The standard InChI is InChI=1S/C10H22N2O3/c1-9(13)12(10(2)14)4-3-11-5-7-15-8-6-11/h9-10,13-14H,3-8H2,1-2H3. The van der Waals surface area contributed by atoms with Gasteiger partial charge in [0.2, 0.25) is 0 Å². The zero-order valence-corrected chi connectivity index (χ0v) is 9.59. The maximum Gasteiger partial charge on any atom is 0.106 e. The molecular weight excluding hydrogens is 196 g/mol. The summed E-state index contributed by atoms with van der Waals surface area (Å²) in [7, 11) is 0. The predicted octanol–water partition coefficient (Wildman–Crippen LogP) is -0.703. The summed E-state index contributed by atoms with van der Waals surface area (Å²) in [6, 6.07) is 0. The highest BCUT2D eigenvalue weighted by Gasteiger charge is 2.18. The largest absolute Gasteiger partial charge is 0.379 e. The number of rotatable bonds is 5. The van der Waals surface area contributed by atoms with Crippen molar-refractivity contribution in [1.82, 2.24) is 9.80 Å². The second kappa shape index (κ2) is 6.40. The van der Waals surface area contributed by atoms with Crippen LogP contribution in [0.5, 0.6) is 0 Å². The molecule has 0 aromatic rings. The van der Waals surface area contributed by atoms with E-state index >= 15 is 0 Å². The molecule has 0 bridgehead atoms. The molecule has 2 atom stereocenters. The number of nitrogens with zero attached hydrogens (tertiary/aromatic N) is 2. The monoisotopic (exact) mass is 218 g/mol. The van der Waals surface area contributed by atoms with E-state index < -0.39 is 12.5 Å². The summed E-state index contributed by atoms with van der Waals surface area (Å²) in [5.74, 6) is 0. The number of hydrogen-bond acceptors (Lipinski definition) is 5. The molecule has 90 valence electrons. The molecule has 0 amide bonds. The topological polar surface area (TPSA) is 56.2 Å². The molecule has 0 saturated carbocycles.